The lowest BCUT2D eigenvalue weighted by Crippen LogP contribution is -2.42. The molecule has 174 valence electrons. The molecule has 7 nitrogen and oxygen atoms in total. The summed E-state index contributed by atoms with van der Waals surface area (Å²) in [5.74, 6) is -0.671. The second-order valence-electron chi connectivity index (χ2n) is 8.64. The summed E-state index contributed by atoms with van der Waals surface area (Å²) in [4.78, 5) is 33.2. The van der Waals surface area contributed by atoms with E-state index >= 15 is 0 Å². The minimum atomic E-state index is -0.336. The number of rotatable bonds is 3. The van der Waals surface area contributed by atoms with E-state index in [2.05, 4.69) is 9.80 Å². The molecule has 0 spiro atoms. The molecule has 2 saturated heterocycles. The summed E-state index contributed by atoms with van der Waals surface area (Å²) < 4.78 is 11.1. The van der Waals surface area contributed by atoms with Crippen molar-refractivity contribution in [2.24, 2.45) is 0 Å². The molecule has 6 rings (SSSR count). The van der Waals surface area contributed by atoms with Crippen LogP contribution in [-0.2, 0) is 9.47 Å². The smallest absolute Gasteiger partial charge is 0.265 e. The van der Waals surface area contributed by atoms with Gasteiger partial charge in [0, 0.05) is 64.5 Å². The number of benzene rings is 3. The summed E-state index contributed by atoms with van der Waals surface area (Å²) in [5, 5.41) is 2.15. The molecule has 0 bridgehead atoms. The van der Waals surface area contributed by atoms with Crippen LogP contribution in [0.3, 0.4) is 0 Å². The van der Waals surface area contributed by atoms with E-state index in [1.807, 2.05) is 24.3 Å². The van der Waals surface area contributed by atoms with Crippen molar-refractivity contribution in [1.82, 2.24) is 0 Å². The molecule has 3 aromatic carbocycles. The molecule has 3 aliphatic heterocycles. The van der Waals surface area contributed by atoms with Crippen molar-refractivity contribution >= 4 is 51.2 Å². The van der Waals surface area contributed by atoms with E-state index in [9.17, 15) is 9.59 Å². The Hall–Kier alpha value is -3.13. The van der Waals surface area contributed by atoms with E-state index in [1.165, 1.54) is 4.90 Å². The highest BCUT2D eigenvalue weighted by molar-refractivity contribution is 6.38. The lowest BCUT2D eigenvalue weighted by molar-refractivity contribution is 0.0893. The van der Waals surface area contributed by atoms with Gasteiger partial charge in [-0.1, -0.05) is 17.7 Å². The van der Waals surface area contributed by atoms with E-state index < -0.39 is 0 Å². The van der Waals surface area contributed by atoms with Crippen molar-refractivity contribution in [1.29, 1.82) is 0 Å². The Balaban J connectivity index is 1.57. The number of morpholine rings is 2. The average Bonchev–Trinajstić information content (AvgIpc) is 2.88. The Kier molecular flexibility index (Phi) is 5.40. The van der Waals surface area contributed by atoms with Crippen LogP contribution in [0.2, 0.25) is 5.02 Å². The minimum absolute atomic E-state index is 0.336. The zero-order valence-corrected chi connectivity index (χ0v) is 19.4. The van der Waals surface area contributed by atoms with Crippen molar-refractivity contribution in [3.8, 4) is 0 Å². The third-order valence-electron chi connectivity index (χ3n) is 6.75. The molecule has 34 heavy (non-hydrogen) atoms. The molecule has 3 heterocycles. The molecule has 0 saturated carbocycles. The van der Waals surface area contributed by atoms with Gasteiger partial charge < -0.3 is 19.3 Å². The van der Waals surface area contributed by atoms with Crippen LogP contribution in [0.4, 0.5) is 17.1 Å². The highest BCUT2D eigenvalue weighted by Crippen LogP contribution is 2.43. The van der Waals surface area contributed by atoms with Crippen LogP contribution < -0.4 is 14.7 Å². The first kappa shape index (κ1) is 21.4. The summed E-state index contributed by atoms with van der Waals surface area (Å²) in [5.41, 5.74) is 3.58. The van der Waals surface area contributed by atoms with E-state index in [1.54, 1.807) is 24.3 Å². The quantitative estimate of drug-likeness (QED) is 0.532. The summed E-state index contributed by atoms with van der Waals surface area (Å²) in [6.07, 6.45) is 0. The first-order valence-electron chi connectivity index (χ1n) is 11.5. The number of nitrogens with zero attached hydrogens (tertiary/aromatic N) is 3. The summed E-state index contributed by atoms with van der Waals surface area (Å²) in [7, 11) is 0. The Morgan fingerprint density at radius 3 is 1.71 bits per heavy atom. The second-order valence-corrected chi connectivity index (χ2v) is 9.08. The Morgan fingerprint density at radius 2 is 1.21 bits per heavy atom. The monoisotopic (exact) mass is 477 g/mol. The summed E-state index contributed by atoms with van der Waals surface area (Å²) in [6.45, 7) is 5.64. The average molecular weight is 478 g/mol. The number of ether oxygens (including phenoxy) is 2. The van der Waals surface area contributed by atoms with Gasteiger partial charge in [0.25, 0.3) is 11.8 Å². The number of halogens is 1. The van der Waals surface area contributed by atoms with Crippen LogP contribution in [0.15, 0.2) is 48.5 Å². The number of anilines is 3. The molecule has 3 aromatic rings. The highest BCUT2D eigenvalue weighted by Gasteiger charge is 2.36. The highest BCUT2D eigenvalue weighted by atomic mass is 35.5. The van der Waals surface area contributed by atoms with E-state index in [0.29, 0.717) is 48.3 Å². The molecule has 0 atom stereocenters. The standard InChI is InChI=1S/C26H24ClN3O4/c27-17-2-1-3-18(16-17)30-25(31)19-4-6-21(28-8-12-33-13-9-28)24-22(29-10-14-34-15-11-29)7-5-20(23(19)24)26(30)32/h1-7,16H,8-15H2. The predicted octanol–water partition coefficient (Wildman–Crippen LogP) is 3.97. The fraction of sp³-hybridized carbons (Fsp3) is 0.308. The van der Waals surface area contributed by atoms with Crippen molar-refractivity contribution < 1.29 is 19.1 Å². The van der Waals surface area contributed by atoms with Gasteiger partial charge >= 0.3 is 0 Å². The molecule has 2 fully saturated rings. The number of hydrogen-bond donors (Lipinski definition) is 0. The van der Waals surface area contributed by atoms with Gasteiger partial charge in [0.05, 0.1) is 32.1 Å². The molecular formula is C26H24ClN3O4. The summed E-state index contributed by atoms with van der Waals surface area (Å²) in [6, 6.07) is 14.6. The largest absolute Gasteiger partial charge is 0.378 e. The van der Waals surface area contributed by atoms with E-state index in [0.717, 1.165) is 48.3 Å². The van der Waals surface area contributed by atoms with Gasteiger partial charge in [0.2, 0.25) is 0 Å². The molecule has 0 unspecified atom stereocenters. The molecule has 0 aromatic heterocycles. The predicted molar refractivity (Wildman–Crippen MR) is 133 cm³/mol. The first-order valence-corrected chi connectivity index (χ1v) is 11.9. The van der Waals surface area contributed by atoms with Crippen LogP contribution in [0.25, 0.3) is 10.8 Å². The van der Waals surface area contributed by atoms with Gasteiger partial charge in [0.1, 0.15) is 0 Å². The van der Waals surface area contributed by atoms with Gasteiger partial charge in [-0.25, -0.2) is 4.90 Å². The van der Waals surface area contributed by atoms with Gasteiger partial charge in [-0.05, 0) is 42.5 Å². The van der Waals surface area contributed by atoms with Gasteiger partial charge in [-0.2, -0.15) is 0 Å². The molecule has 8 heteroatoms. The molecule has 0 aliphatic carbocycles. The fourth-order valence-corrected chi connectivity index (χ4v) is 5.32. The van der Waals surface area contributed by atoms with E-state index in [4.69, 9.17) is 21.1 Å². The SMILES string of the molecule is O=C1c2ccc(N3CCOCC3)c3c(N4CCOCC4)ccc(c23)C(=O)N1c1cccc(Cl)c1. The molecule has 0 N–H and O–H groups in total. The van der Waals surface area contributed by atoms with E-state index in [-0.39, 0.29) is 11.8 Å². The first-order chi connectivity index (χ1) is 16.6. The third kappa shape index (κ3) is 3.43. The third-order valence-corrected chi connectivity index (χ3v) is 6.99. The van der Waals surface area contributed by atoms with Crippen LogP contribution in [-0.4, -0.2) is 64.4 Å². The van der Waals surface area contributed by atoms with Gasteiger partial charge in [0.15, 0.2) is 0 Å². The topological polar surface area (TPSA) is 62.3 Å². The zero-order valence-electron chi connectivity index (χ0n) is 18.6. The second kappa shape index (κ2) is 8.58. The van der Waals surface area contributed by atoms with Crippen LogP contribution in [0.1, 0.15) is 20.7 Å². The summed E-state index contributed by atoms with van der Waals surface area (Å²) >= 11 is 6.17. The number of imide groups is 1. The van der Waals surface area contributed by atoms with Gasteiger partial charge in [-0.15, -0.1) is 0 Å². The Bertz CT molecular complexity index is 1230. The lowest BCUT2D eigenvalue weighted by atomic mass is 9.90. The minimum Gasteiger partial charge on any atom is -0.378 e. The number of hydrogen-bond acceptors (Lipinski definition) is 6. The van der Waals surface area contributed by atoms with Crippen LogP contribution >= 0.6 is 11.6 Å². The number of amides is 2. The van der Waals surface area contributed by atoms with Crippen molar-refractivity contribution in [3.05, 3.63) is 64.7 Å². The molecule has 3 aliphatic rings. The van der Waals surface area contributed by atoms with Crippen LogP contribution in [0.5, 0.6) is 0 Å². The van der Waals surface area contributed by atoms with Crippen molar-refractivity contribution in [2.45, 2.75) is 0 Å². The van der Waals surface area contributed by atoms with Crippen molar-refractivity contribution in [3.63, 3.8) is 0 Å². The molecule has 2 amide bonds. The maximum Gasteiger partial charge on any atom is 0.265 e. The normalized spacial score (nSPS) is 18.7. The lowest BCUT2D eigenvalue weighted by Gasteiger charge is -2.36. The molecular weight excluding hydrogens is 454 g/mol. The Labute approximate surface area is 202 Å². The maximum absolute atomic E-state index is 13.7. The maximum atomic E-state index is 13.7. The Morgan fingerprint density at radius 1 is 0.676 bits per heavy atom. The van der Waals surface area contributed by atoms with Crippen LogP contribution in [0, 0.1) is 0 Å². The van der Waals surface area contributed by atoms with Gasteiger partial charge in [-0.3, -0.25) is 9.59 Å². The number of carbonyl (C=O) groups excluding carboxylic acids is 2. The fourth-order valence-electron chi connectivity index (χ4n) is 5.13. The zero-order chi connectivity index (χ0) is 23.2. The molecule has 0 radical (unpaired) electrons. The number of carbonyl (C=O) groups is 2. The van der Waals surface area contributed by atoms with Crippen molar-refractivity contribution in [2.75, 3.05) is 67.3 Å².